The van der Waals surface area contributed by atoms with Crippen molar-refractivity contribution in [3.8, 4) is 0 Å². The Bertz CT molecular complexity index is 498. The minimum atomic E-state index is -1.46. The number of aromatic nitrogens is 1. The molecule has 0 N–H and O–H groups in total. The van der Waals surface area contributed by atoms with Crippen LogP contribution >= 0.6 is 0 Å². The van der Waals surface area contributed by atoms with Crippen molar-refractivity contribution in [3.05, 3.63) is 47.3 Å². The van der Waals surface area contributed by atoms with Gasteiger partial charge in [-0.15, -0.1) is 0 Å². The second kappa shape index (κ2) is 10.4. The van der Waals surface area contributed by atoms with Gasteiger partial charge < -0.3 is 19.8 Å². The Morgan fingerprint density at radius 2 is 1.89 bits per heavy atom. The molecular weight excluding hydrogens is 268 g/mol. The minimum absolute atomic E-state index is 0. The van der Waals surface area contributed by atoms with E-state index < -0.39 is 11.9 Å². The fourth-order valence-electron chi connectivity index (χ4n) is 1.22. The summed E-state index contributed by atoms with van der Waals surface area (Å²) in [7, 11) is 0. The van der Waals surface area contributed by atoms with Gasteiger partial charge in [-0.25, -0.2) is 0 Å². The molecule has 0 saturated heterocycles. The Kier molecular flexibility index (Phi) is 11.4. The van der Waals surface area contributed by atoms with Crippen molar-refractivity contribution < 1.29 is 78.9 Å². The molecule has 5 nitrogen and oxygen atoms in total. The molecule has 0 saturated carbocycles. The molecule has 7 heteroatoms. The standard InChI is InChI=1S/C12H11NO4.2Na/c1-8(5-11(14)15)10(12(16)17)6-9-3-2-4-13-7-9;;/h2-7H,1H3,(H,14,15)(H,16,17);;/q;2*+1/p-2/b8-5+,10-6-;;. The number of rotatable bonds is 4. The molecule has 0 fully saturated rings. The van der Waals surface area contributed by atoms with Gasteiger partial charge in [0.1, 0.15) is 0 Å². The van der Waals surface area contributed by atoms with Crippen LogP contribution in [0.2, 0.25) is 0 Å². The van der Waals surface area contributed by atoms with Gasteiger partial charge in [0.25, 0.3) is 0 Å². The fraction of sp³-hybridized carbons (Fsp3) is 0.0833. The number of pyridine rings is 1. The van der Waals surface area contributed by atoms with Crippen LogP contribution in [0, 0.1) is 0 Å². The average Bonchev–Trinajstić information content (AvgIpc) is 2.25. The van der Waals surface area contributed by atoms with Gasteiger partial charge in [0.05, 0.1) is 11.9 Å². The summed E-state index contributed by atoms with van der Waals surface area (Å²) in [6.45, 7) is 1.35. The Labute approximate surface area is 155 Å². The van der Waals surface area contributed by atoms with Crippen LogP contribution < -0.4 is 69.3 Å². The number of hydrogen-bond acceptors (Lipinski definition) is 5. The SMILES string of the molecule is CC(=C\C(=O)[O-])/C(=C/c1cccnc1)C(=O)[O-].[Na+].[Na+]. The van der Waals surface area contributed by atoms with E-state index in [-0.39, 0.29) is 70.3 Å². The molecule has 1 rings (SSSR count). The first-order chi connectivity index (χ1) is 8.00. The maximum absolute atomic E-state index is 10.9. The monoisotopic (exact) mass is 277 g/mol. The van der Waals surface area contributed by atoms with Crippen LogP contribution in [-0.2, 0) is 9.59 Å². The Morgan fingerprint density at radius 1 is 1.26 bits per heavy atom. The third-order valence-electron chi connectivity index (χ3n) is 1.97. The second-order valence-corrected chi connectivity index (χ2v) is 3.28. The van der Waals surface area contributed by atoms with Gasteiger partial charge in [-0.3, -0.25) is 4.98 Å². The smallest absolute Gasteiger partial charge is 0.545 e. The van der Waals surface area contributed by atoms with E-state index in [4.69, 9.17) is 0 Å². The zero-order chi connectivity index (χ0) is 12.8. The molecule has 1 aromatic heterocycles. The number of carbonyl (C=O) groups excluding carboxylic acids is 2. The normalized spacial score (nSPS) is 11.0. The van der Waals surface area contributed by atoms with Gasteiger partial charge in [0.2, 0.25) is 0 Å². The Hall–Kier alpha value is -0.430. The van der Waals surface area contributed by atoms with Crippen molar-refractivity contribution in [2.75, 3.05) is 0 Å². The zero-order valence-corrected chi connectivity index (χ0v) is 15.0. The van der Waals surface area contributed by atoms with Crippen LogP contribution in [0.4, 0.5) is 0 Å². The van der Waals surface area contributed by atoms with E-state index in [2.05, 4.69) is 4.98 Å². The second-order valence-electron chi connectivity index (χ2n) is 3.28. The molecule has 0 aliphatic rings. The number of carbonyl (C=O) groups is 2. The van der Waals surface area contributed by atoms with E-state index >= 15 is 0 Å². The number of nitrogens with zero attached hydrogens (tertiary/aromatic N) is 1. The summed E-state index contributed by atoms with van der Waals surface area (Å²) in [4.78, 5) is 25.0. The first-order valence-electron chi connectivity index (χ1n) is 4.73. The molecule has 0 spiro atoms. The van der Waals surface area contributed by atoms with Crippen LogP contribution in [0.25, 0.3) is 6.08 Å². The van der Waals surface area contributed by atoms with Crippen molar-refractivity contribution in [2.45, 2.75) is 6.92 Å². The van der Waals surface area contributed by atoms with Crippen LogP contribution in [-0.4, -0.2) is 16.9 Å². The van der Waals surface area contributed by atoms with Crippen molar-refractivity contribution in [1.82, 2.24) is 4.98 Å². The summed E-state index contributed by atoms with van der Waals surface area (Å²) in [6, 6.07) is 3.28. The van der Waals surface area contributed by atoms with Crippen molar-refractivity contribution in [2.24, 2.45) is 0 Å². The molecule has 0 aromatic carbocycles. The zero-order valence-electron chi connectivity index (χ0n) is 11.0. The van der Waals surface area contributed by atoms with E-state index in [1.54, 1.807) is 18.3 Å². The number of aliphatic carboxylic acids is 2. The number of hydrogen-bond donors (Lipinski definition) is 0. The third-order valence-corrected chi connectivity index (χ3v) is 1.97. The van der Waals surface area contributed by atoms with E-state index in [0.717, 1.165) is 0 Å². The summed E-state index contributed by atoms with van der Waals surface area (Å²) >= 11 is 0. The Morgan fingerprint density at radius 3 is 2.32 bits per heavy atom. The quantitative estimate of drug-likeness (QED) is 0.310. The summed E-state index contributed by atoms with van der Waals surface area (Å²) in [5.74, 6) is -2.91. The van der Waals surface area contributed by atoms with Gasteiger partial charge in [0.15, 0.2) is 0 Å². The largest absolute Gasteiger partial charge is 1.00 e. The van der Waals surface area contributed by atoms with Crippen LogP contribution in [0.1, 0.15) is 12.5 Å². The predicted octanol–water partition coefficient (Wildman–Crippen LogP) is -7.08. The van der Waals surface area contributed by atoms with Crippen molar-refractivity contribution >= 4 is 18.0 Å². The molecule has 88 valence electrons. The topological polar surface area (TPSA) is 93.2 Å². The number of carboxylic acid groups (broad SMARTS) is 2. The molecule has 0 radical (unpaired) electrons. The molecular formula is C12H9NNa2O4. The molecule has 1 heterocycles. The minimum Gasteiger partial charge on any atom is -0.545 e. The molecule has 1 aromatic rings. The molecule has 19 heavy (non-hydrogen) atoms. The van der Waals surface area contributed by atoms with Crippen LogP contribution in [0.5, 0.6) is 0 Å². The maximum atomic E-state index is 10.9. The predicted molar refractivity (Wildman–Crippen MR) is 56.0 cm³/mol. The van der Waals surface area contributed by atoms with E-state index in [0.29, 0.717) is 11.6 Å². The molecule has 0 aliphatic carbocycles. The summed E-state index contributed by atoms with van der Waals surface area (Å²) in [5, 5.41) is 21.2. The molecule has 0 unspecified atom stereocenters. The van der Waals surface area contributed by atoms with Gasteiger partial charge >= 0.3 is 59.1 Å². The Balaban J connectivity index is 0. The van der Waals surface area contributed by atoms with Crippen LogP contribution in [0.3, 0.4) is 0 Å². The summed E-state index contributed by atoms with van der Waals surface area (Å²) in [6.07, 6.45) is 4.99. The fourth-order valence-corrected chi connectivity index (χ4v) is 1.22. The van der Waals surface area contributed by atoms with E-state index in [9.17, 15) is 19.8 Å². The number of carboxylic acids is 2. The summed E-state index contributed by atoms with van der Waals surface area (Å²) < 4.78 is 0. The molecule has 0 atom stereocenters. The first kappa shape index (κ1) is 20.9. The van der Waals surface area contributed by atoms with E-state index in [1.807, 2.05) is 0 Å². The van der Waals surface area contributed by atoms with Crippen molar-refractivity contribution in [3.63, 3.8) is 0 Å². The van der Waals surface area contributed by atoms with Crippen molar-refractivity contribution in [1.29, 1.82) is 0 Å². The summed E-state index contributed by atoms with van der Waals surface area (Å²) in [5.41, 5.74) is 0.369. The average molecular weight is 277 g/mol. The maximum Gasteiger partial charge on any atom is 1.00 e. The molecule has 0 aliphatic heterocycles. The third kappa shape index (κ3) is 7.67. The molecule has 0 bridgehead atoms. The first-order valence-corrected chi connectivity index (χ1v) is 4.73. The van der Waals surface area contributed by atoms with Gasteiger partial charge in [0, 0.05) is 18.0 Å². The van der Waals surface area contributed by atoms with Gasteiger partial charge in [-0.1, -0.05) is 6.07 Å². The van der Waals surface area contributed by atoms with Crippen LogP contribution in [0.15, 0.2) is 41.7 Å². The van der Waals surface area contributed by atoms with E-state index in [1.165, 1.54) is 19.2 Å². The van der Waals surface area contributed by atoms with Gasteiger partial charge in [-0.2, -0.15) is 0 Å². The molecule has 0 amide bonds. The van der Waals surface area contributed by atoms with Gasteiger partial charge in [-0.05, 0) is 36.3 Å².